The molecule has 6 heteroatoms. The molecule has 2 rings (SSSR count). The van der Waals surface area contributed by atoms with Crippen molar-refractivity contribution in [2.24, 2.45) is 5.73 Å². The Hall–Kier alpha value is -0.0300. The maximum Gasteiger partial charge on any atom is 0.240 e. The van der Waals surface area contributed by atoms with Crippen molar-refractivity contribution in [3.8, 4) is 0 Å². The molecule has 0 aromatic carbocycles. The number of nitrogens with one attached hydrogen (secondary N) is 1. The number of likely N-dealkylation sites (tertiary alicyclic amines) is 1. The molecule has 1 amide bonds. The number of halogens is 2. The number of nitrogens with zero attached hydrogens (tertiary/aromatic N) is 1. The number of carbonyl (C=O) groups excluding carboxylic acids is 1. The summed E-state index contributed by atoms with van der Waals surface area (Å²) in [6.07, 6.45) is 7.55. The number of rotatable bonds is 4. The lowest BCUT2D eigenvalue weighted by atomic mass is 9.82. The Morgan fingerprint density at radius 1 is 1.25 bits per heavy atom. The van der Waals surface area contributed by atoms with Gasteiger partial charge in [-0.25, -0.2) is 0 Å². The van der Waals surface area contributed by atoms with Gasteiger partial charge < -0.3 is 11.1 Å². The molecule has 4 nitrogen and oxygen atoms in total. The van der Waals surface area contributed by atoms with Crippen LogP contribution in [0.3, 0.4) is 0 Å². The molecule has 0 radical (unpaired) electrons. The van der Waals surface area contributed by atoms with Gasteiger partial charge >= 0.3 is 0 Å². The van der Waals surface area contributed by atoms with Crippen LogP contribution in [0.15, 0.2) is 0 Å². The van der Waals surface area contributed by atoms with Gasteiger partial charge in [0.2, 0.25) is 5.91 Å². The molecule has 0 aromatic heterocycles. The molecular weight excluding hydrogens is 297 g/mol. The summed E-state index contributed by atoms with van der Waals surface area (Å²) < 4.78 is 0. The molecule has 1 heterocycles. The van der Waals surface area contributed by atoms with E-state index in [-0.39, 0.29) is 30.7 Å². The average molecular weight is 326 g/mol. The summed E-state index contributed by atoms with van der Waals surface area (Å²) in [4.78, 5) is 14.7. The van der Waals surface area contributed by atoms with Crippen molar-refractivity contribution in [2.45, 2.75) is 63.5 Å². The highest BCUT2D eigenvalue weighted by atomic mass is 35.5. The van der Waals surface area contributed by atoms with E-state index in [1.807, 2.05) is 0 Å². The second kappa shape index (κ2) is 9.08. The number of hydrogen-bond donors (Lipinski definition) is 2. The molecule has 0 spiro atoms. The van der Waals surface area contributed by atoms with E-state index in [4.69, 9.17) is 5.73 Å². The first-order valence-corrected chi connectivity index (χ1v) is 7.47. The van der Waals surface area contributed by atoms with Gasteiger partial charge in [0.1, 0.15) is 0 Å². The third-order valence-electron chi connectivity index (χ3n) is 4.60. The van der Waals surface area contributed by atoms with E-state index in [0.717, 1.165) is 38.8 Å². The van der Waals surface area contributed by atoms with Crippen LogP contribution >= 0.6 is 24.8 Å². The zero-order valence-corrected chi connectivity index (χ0v) is 14.0. The Morgan fingerprint density at radius 2 is 1.90 bits per heavy atom. The number of amides is 1. The van der Waals surface area contributed by atoms with Gasteiger partial charge in [0.05, 0.1) is 5.54 Å². The molecule has 2 aliphatic rings. The molecule has 1 atom stereocenters. The quantitative estimate of drug-likeness (QED) is 0.832. The van der Waals surface area contributed by atoms with Crippen LogP contribution < -0.4 is 11.1 Å². The zero-order chi connectivity index (χ0) is 13.0. The standard InChI is InChI=1S/C14H27N3O.2ClH/c1-2-17-10-6-7-12(17)11-16-13(18)14(15)8-4-3-5-9-14;;/h12H,2-11,15H2,1H3,(H,16,18);2*1H. The minimum absolute atomic E-state index is 0. The average Bonchev–Trinajstić information content (AvgIpc) is 2.84. The summed E-state index contributed by atoms with van der Waals surface area (Å²) in [5.74, 6) is 0.0742. The van der Waals surface area contributed by atoms with E-state index in [1.165, 1.54) is 25.8 Å². The Kier molecular flexibility index (Phi) is 9.07. The second-order valence-electron chi connectivity index (χ2n) is 5.85. The fourth-order valence-corrected chi connectivity index (χ4v) is 3.34. The molecule has 120 valence electrons. The fraction of sp³-hybridized carbons (Fsp3) is 0.929. The Balaban J connectivity index is 0.00000180. The summed E-state index contributed by atoms with van der Waals surface area (Å²) in [6.45, 7) is 5.20. The number of carbonyl (C=O) groups is 1. The summed E-state index contributed by atoms with van der Waals surface area (Å²) in [7, 11) is 0. The predicted molar refractivity (Wildman–Crippen MR) is 87.8 cm³/mol. The third-order valence-corrected chi connectivity index (χ3v) is 4.60. The molecule has 3 N–H and O–H groups in total. The first-order chi connectivity index (χ1) is 8.65. The molecule has 1 aliphatic carbocycles. The van der Waals surface area contributed by atoms with Crippen molar-refractivity contribution in [3.63, 3.8) is 0 Å². The van der Waals surface area contributed by atoms with Gasteiger partial charge in [-0.05, 0) is 38.8 Å². The second-order valence-corrected chi connectivity index (χ2v) is 5.85. The Bertz CT molecular complexity index is 296. The van der Waals surface area contributed by atoms with Crippen molar-refractivity contribution in [1.29, 1.82) is 0 Å². The van der Waals surface area contributed by atoms with E-state index in [9.17, 15) is 4.79 Å². The van der Waals surface area contributed by atoms with Crippen LogP contribution in [0.5, 0.6) is 0 Å². The summed E-state index contributed by atoms with van der Waals surface area (Å²) >= 11 is 0. The van der Waals surface area contributed by atoms with Crippen molar-refractivity contribution in [2.75, 3.05) is 19.6 Å². The molecule has 1 unspecified atom stereocenters. The molecule has 20 heavy (non-hydrogen) atoms. The highest BCUT2D eigenvalue weighted by molar-refractivity contribution is 5.86. The largest absolute Gasteiger partial charge is 0.353 e. The van der Waals surface area contributed by atoms with E-state index < -0.39 is 5.54 Å². The van der Waals surface area contributed by atoms with E-state index >= 15 is 0 Å². The van der Waals surface area contributed by atoms with Gasteiger partial charge in [0.25, 0.3) is 0 Å². The summed E-state index contributed by atoms with van der Waals surface area (Å²) in [5.41, 5.74) is 5.64. The highest BCUT2D eigenvalue weighted by Gasteiger charge is 2.35. The zero-order valence-electron chi connectivity index (χ0n) is 12.4. The van der Waals surface area contributed by atoms with Crippen molar-refractivity contribution in [3.05, 3.63) is 0 Å². The lowest BCUT2D eigenvalue weighted by Crippen LogP contribution is -2.56. The number of hydrogen-bond acceptors (Lipinski definition) is 3. The first-order valence-electron chi connectivity index (χ1n) is 7.47. The van der Waals surface area contributed by atoms with Crippen LogP contribution in [0.2, 0.25) is 0 Å². The molecule has 1 saturated carbocycles. The first kappa shape index (κ1) is 20.0. The van der Waals surface area contributed by atoms with Crippen molar-refractivity contribution in [1.82, 2.24) is 10.2 Å². The Labute approximate surface area is 135 Å². The fourth-order valence-electron chi connectivity index (χ4n) is 3.34. The van der Waals surface area contributed by atoms with E-state index in [1.54, 1.807) is 0 Å². The topological polar surface area (TPSA) is 58.4 Å². The molecular formula is C14H29Cl2N3O. The number of likely N-dealkylation sites (N-methyl/N-ethyl adjacent to an activating group) is 1. The normalized spacial score (nSPS) is 25.4. The predicted octanol–water partition coefficient (Wildman–Crippen LogP) is 2.09. The van der Waals surface area contributed by atoms with Gasteiger partial charge in [-0.15, -0.1) is 24.8 Å². The van der Waals surface area contributed by atoms with Gasteiger partial charge in [-0.2, -0.15) is 0 Å². The van der Waals surface area contributed by atoms with Crippen LogP contribution in [-0.2, 0) is 4.79 Å². The SMILES string of the molecule is CCN1CCCC1CNC(=O)C1(N)CCCCC1.Cl.Cl. The number of nitrogens with two attached hydrogens (primary N) is 1. The molecule has 0 aromatic rings. The van der Waals surface area contributed by atoms with E-state index in [0.29, 0.717) is 6.04 Å². The smallest absolute Gasteiger partial charge is 0.240 e. The third kappa shape index (κ3) is 4.76. The van der Waals surface area contributed by atoms with E-state index in [2.05, 4.69) is 17.1 Å². The molecule has 1 aliphatic heterocycles. The maximum atomic E-state index is 12.2. The Morgan fingerprint density at radius 3 is 2.50 bits per heavy atom. The van der Waals surface area contributed by atoms with Crippen LogP contribution in [0.4, 0.5) is 0 Å². The summed E-state index contributed by atoms with van der Waals surface area (Å²) in [6, 6.07) is 0.520. The minimum Gasteiger partial charge on any atom is -0.353 e. The summed E-state index contributed by atoms with van der Waals surface area (Å²) in [5, 5.41) is 3.09. The van der Waals surface area contributed by atoms with Crippen LogP contribution in [0.1, 0.15) is 51.9 Å². The van der Waals surface area contributed by atoms with Crippen LogP contribution in [-0.4, -0.2) is 42.0 Å². The van der Waals surface area contributed by atoms with Crippen molar-refractivity contribution >= 4 is 30.7 Å². The monoisotopic (exact) mass is 325 g/mol. The molecule has 2 fully saturated rings. The van der Waals surface area contributed by atoms with Crippen LogP contribution in [0, 0.1) is 0 Å². The maximum absolute atomic E-state index is 12.2. The van der Waals surface area contributed by atoms with Gasteiger partial charge in [0.15, 0.2) is 0 Å². The van der Waals surface area contributed by atoms with Crippen molar-refractivity contribution < 1.29 is 4.79 Å². The lowest BCUT2D eigenvalue weighted by molar-refractivity contribution is -0.127. The van der Waals surface area contributed by atoms with Crippen LogP contribution in [0.25, 0.3) is 0 Å². The highest BCUT2D eigenvalue weighted by Crippen LogP contribution is 2.26. The van der Waals surface area contributed by atoms with Gasteiger partial charge in [-0.3, -0.25) is 9.69 Å². The van der Waals surface area contributed by atoms with Gasteiger partial charge in [0, 0.05) is 12.6 Å². The minimum atomic E-state index is -0.589. The lowest BCUT2D eigenvalue weighted by Gasteiger charge is -2.33. The molecule has 0 bridgehead atoms. The molecule has 1 saturated heterocycles. The van der Waals surface area contributed by atoms with Gasteiger partial charge in [-0.1, -0.05) is 26.2 Å².